The third-order valence-corrected chi connectivity index (χ3v) is 3.04. The van der Waals surface area contributed by atoms with Crippen molar-refractivity contribution in [1.29, 1.82) is 0 Å². The van der Waals surface area contributed by atoms with Gasteiger partial charge >= 0.3 is 5.97 Å². The summed E-state index contributed by atoms with van der Waals surface area (Å²) in [5.41, 5.74) is -1.21. The first kappa shape index (κ1) is 11.5. The molecule has 0 aliphatic heterocycles. The third-order valence-electron chi connectivity index (χ3n) is 3.04. The molecular formula is C11H20O3. The molecule has 1 aliphatic rings. The molecule has 0 radical (unpaired) electrons. The van der Waals surface area contributed by atoms with Crippen LogP contribution in [0, 0.1) is 5.92 Å². The van der Waals surface area contributed by atoms with Crippen LogP contribution in [0.15, 0.2) is 0 Å². The van der Waals surface area contributed by atoms with Crippen LogP contribution in [0.4, 0.5) is 0 Å². The van der Waals surface area contributed by atoms with E-state index in [0.29, 0.717) is 13.0 Å². The van der Waals surface area contributed by atoms with E-state index >= 15 is 0 Å². The zero-order chi connectivity index (χ0) is 10.6. The zero-order valence-electron chi connectivity index (χ0n) is 9.08. The van der Waals surface area contributed by atoms with Crippen molar-refractivity contribution in [3.8, 4) is 0 Å². The molecule has 0 spiro atoms. The molecule has 0 aromatic rings. The normalized spacial score (nSPS) is 21.1. The molecule has 3 heteroatoms. The molecule has 0 amide bonds. The minimum atomic E-state index is -1.21. The molecule has 0 aromatic carbocycles. The summed E-state index contributed by atoms with van der Waals surface area (Å²) in [5, 5.41) is 10.3. The van der Waals surface area contributed by atoms with E-state index < -0.39 is 11.6 Å². The van der Waals surface area contributed by atoms with Crippen molar-refractivity contribution in [2.75, 3.05) is 6.61 Å². The van der Waals surface area contributed by atoms with Crippen molar-refractivity contribution in [2.24, 2.45) is 5.92 Å². The second kappa shape index (κ2) is 4.78. The third kappa shape index (κ3) is 2.08. The predicted octanol–water partition coefficient (Wildman–Crippen LogP) is 1.88. The molecule has 0 heterocycles. The van der Waals surface area contributed by atoms with Gasteiger partial charge in [0.15, 0.2) is 5.60 Å². The van der Waals surface area contributed by atoms with Gasteiger partial charge < -0.3 is 9.84 Å². The fraction of sp³-hybridized carbons (Fsp3) is 0.909. The first-order chi connectivity index (χ1) is 6.65. The lowest BCUT2D eigenvalue weighted by molar-refractivity contribution is -0.176. The highest BCUT2D eigenvalue weighted by Gasteiger charge is 2.46. The number of hydrogen-bond donors (Lipinski definition) is 1. The topological polar surface area (TPSA) is 46.5 Å². The van der Waals surface area contributed by atoms with Crippen LogP contribution in [0.25, 0.3) is 0 Å². The van der Waals surface area contributed by atoms with E-state index in [1.807, 2.05) is 6.92 Å². The molecule has 0 aromatic heterocycles. The number of ether oxygens (including phenoxy) is 1. The molecule has 1 aliphatic carbocycles. The molecule has 1 atom stereocenters. The molecule has 0 bridgehead atoms. The van der Waals surface area contributed by atoms with E-state index in [1.54, 1.807) is 6.92 Å². The number of rotatable bonds is 5. The standard InChI is InChI=1S/C11H20O3/c1-3-8-11(13,9-6-5-7-9)10(12)14-4-2/h9,13H,3-8H2,1-2H3. The maximum atomic E-state index is 11.6. The summed E-state index contributed by atoms with van der Waals surface area (Å²) in [7, 11) is 0. The molecule has 1 rings (SSSR count). The van der Waals surface area contributed by atoms with Gasteiger partial charge in [0.2, 0.25) is 0 Å². The first-order valence-corrected chi connectivity index (χ1v) is 5.54. The summed E-state index contributed by atoms with van der Waals surface area (Å²) >= 11 is 0. The molecule has 1 saturated carbocycles. The van der Waals surface area contributed by atoms with Gasteiger partial charge in [-0.05, 0) is 32.1 Å². The minimum Gasteiger partial charge on any atom is -0.464 e. The van der Waals surface area contributed by atoms with Crippen LogP contribution in [0.5, 0.6) is 0 Å². The Labute approximate surface area is 85.5 Å². The summed E-state index contributed by atoms with van der Waals surface area (Å²) in [5.74, 6) is -0.298. The van der Waals surface area contributed by atoms with E-state index in [2.05, 4.69) is 0 Å². The number of esters is 1. The predicted molar refractivity (Wildman–Crippen MR) is 53.8 cm³/mol. The highest BCUT2D eigenvalue weighted by molar-refractivity contribution is 5.79. The van der Waals surface area contributed by atoms with Gasteiger partial charge in [-0.25, -0.2) is 4.79 Å². The Balaban J connectivity index is 2.63. The van der Waals surface area contributed by atoms with E-state index in [1.165, 1.54) is 0 Å². The molecule has 14 heavy (non-hydrogen) atoms. The number of aliphatic hydroxyl groups is 1. The van der Waals surface area contributed by atoms with E-state index in [4.69, 9.17) is 4.74 Å². The molecule has 3 nitrogen and oxygen atoms in total. The fourth-order valence-electron chi connectivity index (χ4n) is 2.00. The van der Waals surface area contributed by atoms with E-state index in [0.717, 1.165) is 25.7 Å². The largest absolute Gasteiger partial charge is 0.464 e. The maximum absolute atomic E-state index is 11.6. The Kier molecular flexibility index (Phi) is 3.93. The average molecular weight is 200 g/mol. The van der Waals surface area contributed by atoms with Crippen LogP contribution < -0.4 is 0 Å². The summed E-state index contributed by atoms with van der Waals surface area (Å²) in [6, 6.07) is 0. The van der Waals surface area contributed by atoms with Crippen molar-refractivity contribution in [2.45, 2.75) is 51.6 Å². The summed E-state index contributed by atoms with van der Waals surface area (Å²) in [6.45, 7) is 4.09. The highest BCUT2D eigenvalue weighted by atomic mass is 16.5. The number of carbonyl (C=O) groups is 1. The zero-order valence-corrected chi connectivity index (χ0v) is 9.08. The van der Waals surface area contributed by atoms with E-state index in [-0.39, 0.29) is 5.92 Å². The lowest BCUT2D eigenvalue weighted by Gasteiger charge is -2.39. The number of carbonyl (C=O) groups excluding carboxylic acids is 1. The Morgan fingerprint density at radius 2 is 2.14 bits per heavy atom. The SMILES string of the molecule is CCCC(O)(C(=O)OCC)C1CCC1. The monoisotopic (exact) mass is 200 g/mol. The average Bonchev–Trinajstić information content (AvgIpc) is 2.01. The Bertz CT molecular complexity index is 199. The Hall–Kier alpha value is -0.570. The lowest BCUT2D eigenvalue weighted by atomic mass is 9.71. The Morgan fingerprint density at radius 1 is 1.50 bits per heavy atom. The van der Waals surface area contributed by atoms with Crippen molar-refractivity contribution in [3.63, 3.8) is 0 Å². The van der Waals surface area contributed by atoms with Gasteiger partial charge in [-0.2, -0.15) is 0 Å². The second-order valence-corrected chi connectivity index (χ2v) is 4.02. The molecular weight excluding hydrogens is 180 g/mol. The molecule has 0 saturated heterocycles. The van der Waals surface area contributed by atoms with Crippen LogP contribution >= 0.6 is 0 Å². The van der Waals surface area contributed by atoms with Gasteiger partial charge in [-0.15, -0.1) is 0 Å². The molecule has 82 valence electrons. The maximum Gasteiger partial charge on any atom is 0.338 e. The second-order valence-electron chi connectivity index (χ2n) is 4.02. The molecule has 1 fully saturated rings. The van der Waals surface area contributed by atoms with Crippen molar-refractivity contribution in [1.82, 2.24) is 0 Å². The molecule has 1 N–H and O–H groups in total. The van der Waals surface area contributed by atoms with Gasteiger partial charge in [-0.1, -0.05) is 19.8 Å². The van der Waals surface area contributed by atoms with Gasteiger partial charge in [0.25, 0.3) is 0 Å². The first-order valence-electron chi connectivity index (χ1n) is 5.54. The van der Waals surface area contributed by atoms with Crippen molar-refractivity contribution < 1.29 is 14.6 Å². The van der Waals surface area contributed by atoms with Crippen molar-refractivity contribution >= 4 is 5.97 Å². The van der Waals surface area contributed by atoms with Crippen molar-refractivity contribution in [3.05, 3.63) is 0 Å². The summed E-state index contributed by atoms with van der Waals surface area (Å²) in [4.78, 5) is 11.6. The van der Waals surface area contributed by atoms with Gasteiger partial charge in [-0.3, -0.25) is 0 Å². The highest BCUT2D eigenvalue weighted by Crippen LogP contribution is 2.39. The van der Waals surface area contributed by atoms with Crippen LogP contribution in [0.3, 0.4) is 0 Å². The Morgan fingerprint density at radius 3 is 2.50 bits per heavy atom. The van der Waals surface area contributed by atoms with Crippen LogP contribution in [0.1, 0.15) is 46.0 Å². The van der Waals surface area contributed by atoms with Gasteiger partial charge in [0.05, 0.1) is 6.61 Å². The minimum absolute atomic E-state index is 0.126. The number of hydrogen-bond acceptors (Lipinski definition) is 3. The van der Waals surface area contributed by atoms with E-state index in [9.17, 15) is 9.90 Å². The van der Waals surface area contributed by atoms with Crippen LogP contribution in [0.2, 0.25) is 0 Å². The summed E-state index contributed by atoms with van der Waals surface area (Å²) in [6.07, 6.45) is 4.36. The van der Waals surface area contributed by atoms with Crippen LogP contribution in [-0.4, -0.2) is 23.3 Å². The lowest BCUT2D eigenvalue weighted by Crippen LogP contribution is -2.49. The quantitative estimate of drug-likeness (QED) is 0.689. The summed E-state index contributed by atoms with van der Waals surface area (Å²) < 4.78 is 4.93. The van der Waals surface area contributed by atoms with Crippen LogP contribution in [-0.2, 0) is 9.53 Å². The smallest absolute Gasteiger partial charge is 0.338 e. The van der Waals surface area contributed by atoms with Gasteiger partial charge in [0.1, 0.15) is 0 Å². The molecule has 1 unspecified atom stereocenters. The fourth-order valence-corrected chi connectivity index (χ4v) is 2.00. The van der Waals surface area contributed by atoms with Gasteiger partial charge in [0, 0.05) is 0 Å².